The largest absolute Gasteiger partial charge is 0.481 e. The molecule has 0 atom stereocenters. The van der Waals surface area contributed by atoms with Crippen molar-refractivity contribution in [1.82, 2.24) is 9.88 Å². The molecule has 220 valence electrons. The van der Waals surface area contributed by atoms with Crippen LogP contribution in [0.1, 0.15) is 41.6 Å². The summed E-state index contributed by atoms with van der Waals surface area (Å²) in [5, 5.41) is 9.01. The number of aromatic nitrogens is 1. The van der Waals surface area contributed by atoms with E-state index < -0.39 is 71.8 Å². The fourth-order valence-corrected chi connectivity index (χ4v) is 4.71. The molecule has 1 heterocycles. The summed E-state index contributed by atoms with van der Waals surface area (Å²) < 4.78 is 70.4. The van der Waals surface area contributed by atoms with Crippen LogP contribution in [0.25, 0.3) is 0 Å². The lowest BCUT2D eigenvalue weighted by atomic mass is 9.86. The summed E-state index contributed by atoms with van der Waals surface area (Å²) in [4.78, 5) is 45.9. The van der Waals surface area contributed by atoms with E-state index in [-0.39, 0.29) is 47.7 Å². The molecular formula is C26H25ClF5N5O4. The number of pyridine rings is 1. The highest BCUT2D eigenvalue weighted by Crippen LogP contribution is 2.31. The summed E-state index contributed by atoms with van der Waals surface area (Å²) in [7, 11) is 0. The van der Waals surface area contributed by atoms with Crippen molar-refractivity contribution < 1.29 is 41.4 Å². The van der Waals surface area contributed by atoms with Gasteiger partial charge in [0.2, 0.25) is 0 Å². The number of hydrogen-bond donors (Lipinski definition) is 3. The summed E-state index contributed by atoms with van der Waals surface area (Å²) in [6.45, 7) is -1.62. The zero-order valence-corrected chi connectivity index (χ0v) is 22.1. The molecule has 41 heavy (non-hydrogen) atoms. The SMILES string of the molecule is NC=C(C(=O)N(CC(=O)c1c(Cl)ccnc1N)Cc1cc(F)cc(F)c1)C(=NC1CCC(C(=O)O)CC1)C(F)(F)F. The molecule has 1 fully saturated rings. The van der Waals surface area contributed by atoms with Crippen LogP contribution in [0.15, 0.2) is 47.2 Å². The molecule has 1 saturated carbocycles. The van der Waals surface area contributed by atoms with Gasteiger partial charge in [-0.05, 0) is 49.4 Å². The molecule has 0 bridgehead atoms. The van der Waals surface area contributed by atoms with Gasteiger partial charge in [-0.1, -0.05) is 11.6 Å². The van der Waals surface area contributed by atoms with E-state index in [0.29, 0.717) is 17.2 Å². The number of nitrogens with two attached hydrogens (primary N) is 2. The first-order valence-corrected chi connectivity index (χ1v) is 12.6. The Balaban J connectivity index is 2.01. The van der Waals surface area contributed by atoms with Crippen molar-refractivity contribution in [1.29, 1.82) is 0 Å². The van der Waals surface area contributed by atoms with Gasteiger partial charge in [0.1, 0.15) is 17.5 Å². The molecule has 3 rings (SSSR count). The van der Waals surface area contributed by atoms with E-state index in [9.17, 15) is 36.3 Å². The number of ketones is 1. The van der Waals surface area contributed by atoms with Crippen molar-refractivity contribution >= 4 is 40.8 Å². The number of benzene rings is 1. The molecule has 1 aromatic carbocycles. The number of nitrogen functional groups attached to an aromatic ring is 1. The van der Waals surface area contributed by atoms with Crippen LogP contribution >= 0.6 is 11.6 Å². The lowest BCUT2D eigenvalue weighted by molar-refractivity contribution is -0.142. The summed E-state index contributed by atoms with van der Waals surface area (Å²) in [5.74, 6) is -6.48. The third-order valence-corrected chi connectivity index (χ3v) is 6.72. The highest BCUT2D eigenvalue weighted by Gasteiger charge is 2.43. The van der Waals surface area contributed by atoms with Crippen LogP contribution in [-0.2, 0) is 16.1 Å². The van der Waals surface area contributed by atoms with Gasteiger partial charge >= 0.3 is 12.1 Å². The Morgan fingerprint density at radius 1 is 1.12 bits per heavy atom. The second kappa shape index (κ2) is 13.1. The number of hydrogen-bond acceptors (Lipinski definition) is 7. The molecule has 9 nitrogen and oxygen atoms in total. The van der Waals surface area contributed by atoms with Crippen molar-refractivity contribution in [2.45, 2.75) is 44.4 Å². The lowest BCUT2D eigenvalue weighted by Gasteiger charge is -2.27. The number of nitrogens with zero attached hydrogens (tertiary/aromatic N) is 3. The maximum Gasteiger partial charge on any atom is 0.433 e. The minimum atomic E-state index is -5.18. The van der Waals surface area contributed by atoms with Crippen molar-refractivity contribution in [3.63, 3.8) is 0 Å². The summed E-state index contributed by atoms with van der Waals surface area (Å²) >= 11 is 6.05. The molecule has 2 aromatic rings. The first-order chi connectivity index (χ1) is 19.2. The van der Waals surface area contributed by atoms with Crippen LogP contribution in [0.5, 0.6) is 0 Å². The van der Waals surface area contributed by atoms with E-state index in [2.05, 4.69) is 9.98 Å². The molecule has 0 saturated heterocycles. The smallest absolute Gasteiger partial charge is 0.433 e. The van der Waals surface area contributed by atoms with Crippen LogP contribution in [0.3, 0.4) is 0 Å². The number of anilines is 1. The van der Waals surface area contributed by atoms with Crippen LogP contribution in [0.2, 0.25) is 5.02 Å². The van der Waals surface area contributed by atoms with Crippen molar-refractivity contribution in [3.8, 4) is 0 Å². The maximum atomic E-state index is 14.2. The average Bonchev–Trinajstić information content (AvgIpc) is 2.87. The highest BCUT2D eigenvalue weighted by atomic mass is 35.5. The van der Waals surface area contributed by atoms with E-state index in [4.69, 9.17) is 28.2 Å². The Hall–Kier alpha value is -4.07. The monoisotopic (exact) mass is 601 g/mol. The van der Waals surface area contributed by atoms with Gasteiger partial charge < -0.3 is 21.5 Å². The number of carbonyl (C=O) groups is 3. The number of aliphatic carboxylic acids is 1. The molecule has 1 aromatic heterocycles. The number of carboxylic acids is 1. The zero-order chi connectivity index (χ0) is 30.5. The van der Waals surface area contributed by atoms with Gasteiger partial charge in [0.05, 0.1) is 34.7 Å². The Bertz CT molecular complexity index is 1350. The predicted octanol–water partition coefficient (Wildman–Crippen LogP) is 4.30. The van der Waals surface area contributed by atoms with Crippen LogP contribution in [-0.4, -0.2) is 57.1 Å². The zero-order valence-electron chi connectivity index (χ0n) is 21.3. The third-order valence-electron chi connectivity index (χ3n) is 6.40. The fourth-order valence-electron chi connectivity index (χ4n) is 4.46. The quantitative estimate of drug-likeness (QED) is 0.168. The normalized spacial score (nSPS) is 18.2. The molecular weight excluding hydrogens is 577 g/mol. The number of amides is 1. The van der Waals surface area contributed by atoms with Gasteiger partial charge in [-0.3, -0.25) is 19.4 Å². The Kier molecular flexibility index (Phi) is 10.0. The van der Waals surface area contributed by atoms with E-state index >= 15 is 0 Å². The number of carbonyl (C=O) groups excluding carboxylic acids is 2. The first-order valence-electron chi connectivity index (χ1n) is 12.2. The minimum absolute atomic E-state index is 0.0200. The lowest BCUT2D eigenvalue weighted by Crippen LogP contribution is -2.41. The number of rotatable bonds is 9. The Morgan fingerprint density at radius 3 is 2.24 bits per heavy atom. The summed E-state index contributed by atoms with van der Waals surface area (Å²) in [6.07, 6.45) is -3.38. The summed E-state index contributed by atoms with van der Waals surface area (Å²) in [6, 6.07) is 2.51. The molecule has 5 N–H and O–H groups in total. The van der Waals surface area contributed by atoms with E-state index in [1.165, 1.54) is 12.3 Å². The molecule has 0 radical (unpaired) electrons. The molecule has 1 aliphatic carbocycles. The average molecular weight is 602 g/mol. The molecule has 0 aliphatic heterocycles. The van der Waals surface area contributed by atoms with E-state index in [1.54, 1.807) is 0 Å². The van der Waals surface area contributed by atoms with Gasteiger partial charge in [-0.25, -0.2) is 13.8 Å². The summed E-state index contributed by atoms with van der Waals surface area (Å²) in [5.41, 5.74) is 7.98. The standard InChI is InChI=1S/C26H25ClF5N5O4/c27-19-5-6-35-23(34)21(19)20(38)12-37(11-13-7-15(28)9-16(29)8-13)24(39)18(10-33)22(26(30,31)32)36-17-3-1-14(2-4-17)25(40)41/h5-10,14,17H,1-4,11-12,33H2,(H2,34,35)(H,40,41). The second-order valence-corrected chi connectivity index (χ2v) is 9.72. The molecule has 1 aliphatic rings. The molecule has 15 heteroatoms. The van der Waals surface area contributed by atoms with Gasteiger partial charge in [-0.2, -0.15) is 13.2 Å². The van der Waals surface area contributed by atoms with E-state index in [1.807, 2.05) is 0 Å². The van der Waals surface area contributed by atoms with E-state index in [0.717, 1.165) is 12.1 Å². The van der Waals surface area contributed by atoms with Gasteiger partial charge in [-0.15, -0.1) is 0 Å². The van der Waals surface area contributed by atoms with Crippen LogP contribution in [0.4, 0.5) is 27.8 Å². The number of carboxylic acid groups (broad SMARTS) is 1. The topological polar surface area (TPSA) is 152 Å². The molecule has 1 amide bonds. The first kappa shape index (κ1) is 31.5. The Morgan fingerprint density at radius 2 is 1.73 bits per heavy atom. The number of Topliss-reactive ketones (excluding diaryl/α,β-unsaturated/α-hetero) is 1. The number of alkyl halides is 3. The highest BCUT2D eigenvalue weighted by molar-refractivity contribution is 6.34. The molecule has 0 spiro atoms. The van der Waals surface area contributed by atoms with Gasteiger partial charge in [0.15, 0.2) is 11.5 Å². The Labute approximate surface area is 235 Å². The van der Waals surface area contributed by atoms with Crippen LogP contribution < -0.4 is 11.5 Å². The maximum absolute atomic E-state index is 14.2. The molecule has 0 unspecified atom stereocenters. The number of halogens is 6. The fraction of sp³-hybridized carbons (Fsp3) is 0.346. The van der Waals surface area contributed by atoms with Crippen molar-refractivity contribution in [3.05, 3.63) is 70.0 Å². The van der Waals surface area contributed by atoms with Crippen molar-refractivity contribution in [2.75, 3.05) is 12.3 Å². The second-order valence-electron chi connectivity index (χ2n) is 9.31. The minimum Gasteiger partial charge on any atom is -0.481 e. The third kappa shape index (κ3) is 7.99. The van der Waals surface area contributed by atoms with Gasteiger partial charge in [0, 0.05) is 25.0 Å². The van der Waals surface area contributed by atoms with Gasteiger partial charge in [0.25, 0.3) is 5.91 Å². The van der Waals surface area contributed by atoms with Crippen molar-refractivity contribution in [2.24, 2.45) is 16.6 Å². The predicted molar refractivity (Wildman–Crippen MR) is 139 cm³/mol. The van der Waals surface area contributed by atoms with Crippen LogP contribution in [0, 0.1) is 17.6 Å². The number of aliphatic imine (C=N–C) groups is 1.